The minimum atomic E-state index is 0.984. The third kappa shape index (κ3) is 2.45. The van der Waals surface area contributed by atoms with Crippen LogP contribution in [0.5, 0.6) is 0 Å². The van der Waals surface area contributed by atoms with Gasteiger partial charge in [0, 0.05) is 31.1 Å². The van der Waals surface area contributed by atoms with E-state index in [0.717, 1.165) is 30.7 Å². The lowest BCUT2D eigenvalue weighted by atomic mass is 9.82. The Labute approximate surface area is 124 Å². The summed E-state index contributed by atoms with van der Waals surface area (Å²) in [5, 5.41) is 3.53. The summed E-state index contributed by atoms with van der Waals surface area (Å²) < 4.78 is 2.64. The maximum atomic E-state index is 4.52. The molecule has 104 valence electrons. The second kappa shape index (κ2) is 5.34. The molecule has 1 aliphatic carbocycles. The summed E-state index contributed by atoms with van der Waals surface area (Å²) in [6.07, 6.45) is 5.89. The van der Waals surface area contributed by atoms with Crippen molar-refractivity contribution in [3.05, 3.63) is 11.1 Å². The second-order valence-corrected chi connectivity index (χ2v) is 7.87. The Morgan fingerprint density at radius 2 is 2.05 bits per heavy atom. The monoisotopic (exact) mass is 295 g/mol. The Kier molecular flexibility index (Phi) is 3.54. The van der Waals surface area contributed by atoms with Gasteiger partial charge in [-0.3, -0.25) is 4.99 Å². The van der Waals surface area contributed by atoms with E-state index in [1.165, 1.54) is 49.6 Å². The molecule has 1 saturated carbocycles. The van der Waals surface area contributed by atoms with Crippen molar-refractivity contribution in [3.8, 4) is 0 Å². The molecule has 3 nitrogen and oxygen atoms in total. The lowest BCUT2D eigenvalue weighted by Gasteiger charge is -2.22. The van der Waals surface area contributed by atoms with Gasteiger partial charge in [0.25, 0.3) is 0 Å². The van der Waals surface area contributed by atoms with Crippen molar-refractivity contribution in [2.24, 2.45) is 16.8 Å². The highest BCUT2D eigenvalue weighted by atomic mass is 32.2. The van der Waals surface area contributed by atoms with Crippen molar-refractivity contribution in [1.29, 1.82) is 0 Å². The van der Waals surface area contributed by atoms with Crippen LogP contribution in [0.25, 0.3) is 0 Å². The van der Waals surface area contributed by atoms with Crippen molar-refractivity contribution in [2.75, 3.05) is 31.9 Å². The van der Waals surface area contributed by atoms with E-state index in [0.29, 0.717) is 0 Å². The van der Waals surface area contributed by atoms with E-state index < -0.39 is 0 Å². The topological polar surface area (TPSA) is 18.8 Å². The zero-order valence-electron chi connectivity index (χ0n) is 11.3. The normalized spacial score (nSPS) is 34.2. The molecule has 0 aromatic carbocycles. The maximum Gasteiger partial charge on any atom is 0.167 e. The lowest BCUT2D eigenvalue weighted by molar-refractivity contribution is 0.299. The average Bonchev–Trinajstić information content (AvgIpc) is 3.11. The highest BCUT2D eigenvalue weighted by Crippen LogP contribution is 2.39. The summed E-state index contributed by atoms with van der Waals surface area (Å²) in [6.45, 7) is 4.74. The van der Waals surface area contributed by atoms with E-state index in [-0.39, 0.29) is 0 Å². The average molecular weight is 295 g/mol. The lowest BCUT2D eigenvalue weighted by Crippen LogP contribution is -2.23. The highest BCUT2D eigenvalue weighted by Gasteiger charge is 2.35. The van der Waals surface area contributed by atoms with E-state index in [1.807, 2.05) is 0 Å². The molecule has 0 spiro atoms. The van der Waals surface area contributed by atoms with E-state index in [9.17, 15) is 0 Å². The number of thioether (sulfide) groups is 1. The van der Waals surface area contributed by atoms with Crippen molar-refractivity contribution in [2.45, 2.75) is 25.7 Å². The zero-order valence-corrected chi connectivity index (χ0v) is 12.9. The summed E-state index contributed by atoms with van der Waals surface area (Å²) in [5.41, 5.74) is 1.47. The van der Waals surface area contributed by atoms with E-state index in [2.05, 4.69) is 31.6 Å². The van der Waals surface area contributed by atoms with Crippen molar-refractivity contribution < 1.29 is 0 Å². The van der Waals surface area contributed by atoms with Gasteiger partial charge in [0.1, 0.15) is 0 Å². The summed E-state index contributed by atoms with van der Waals surface area (Å²) in [6, 6.07) is 0. The summed E-state index contributed by atoms with van der Waals surface area (Å²) >= 11 is 3.86. The van der Waals surface area contributed by atoms with Crippen LogP contribution in [-0.2, 0) is 0 Å². The fourth-order valence-corrected chi connectivity index (χ4v) is 5.92. The van der Waals surface area contributed by atoms with Gasteiger partial charge >= 0.3 is 0 Å². The van der Waals surface area contributed by atoms with Gasteiger partial charge in [0.05, 0.1) is 6.54 Å². The van der Waals surface area contributed by atoms with Crippen LogP contribution in [0.2, 0.25) is 0 Å². The molecule has 0 radical (unpaired) electrons. The van der Waals surface area contributed by atoms with Crippen molar-refractivity contribution >= 4 is 28.9 Å². The van der Waals surface area contributed by atoms with Gasteiger partial charge in [0.2, 0.25) is 0 Å². The molecule has 3 heterocycles. The molecule has 5 heteroatoms. The largest absolute Gasteiger partial charge is 0.321 e. The Bertz CT molecular complexity index is 407. The van der Waals surface area contributed by atoms with Crippen LogP contribution >= 0.6 is 23.7 Å². The van der Waals surface area contributed by atoms with Crippen LogP contribution in [0, 0.1) is 11.8 Å². The molecule has 0 aromatic heterocycles. The SMILES string of the molecule is C1=C(CSN2C[C@H]3CCCC[C@@H]3C2)N2CCN=C2S1. The molecule has 0 N–H and O–H groups in total. The number of amidine groups is 1. The zero-order chi connectivity index (χ0) is 12.7. The number of rotatable bonds is 3. The number of hydrogen-bond donors (Lipinski definition) is 0. The Hall–Kier alpha value is -0.130. The van der Waals surface area contributed by atoms with Gasteiger partial charge in [0.15, 0.2) is 5.17 Å². The Balaban J connectivity index is 1.30. The van der Waals surface area contributed by atoms with Gasteiger partial charge in [-0.25, -0.2) is 4.31 Å². The van der Waals surface area contributed by atoms with Gasteiger partial charge in [-0.2, -0.15) is 0 Å². The van der Waals surface area contributed by atoms with Crippen LogP contribution in [0.4, 0.5) is 0 Å². The molecule has 2 atom stereocenters. The fourth-order valence-electron chi connectivity index (χ4n) is 3.72. The second-order valence-electron chi connectivity index (χ2n) is 5.97. The third-order valence-electron chi connectivity index (χ3n) is 4.79. The maximum absolute atomic E-state index is 4.52. The van der Waals surface area contributed by atoms with Crippen LogP contribution in [0.3, 0.4) is 0 Å². The first-order valence-corrected chi connectivity index (χ1v) is 9.28. The van der Waals surface area contributed by atoms with Crippen molar-refractivity contribution in [3.63, 3.8) is 0 Å². The number of aliphatic imine (C=N–C) groups is 1. The van der Waals surface area contributed by atoms with Crippen LogP contribution in [-0.4, -0.2) is 46.3 Å². The molecule has 0 bridgehead atoms. The molecule has 0 amide bonds. The highest BCUT2D eigenvalue weighted by molar-refractivity contribution is 8.16. The summed E-state index contributed by atoms with van der Waals surface area (Å²) in [5.74, 6) is 3.13. The summed E-state index contributed by atoms with van der Waals surface area (Å²) in [4.78, 5) is 6.92. The molecule has 1 saturated heterocycles. The van der Waals surface area contributed by atoms with Gasteiger partial charge < -0.3 is 4.90 Å². The molecule has 3 aliphatic heterocycles. The van der Waals surface area contributed by atoms with Crippen LogP contribution < -0.4 is 0 Å². The first kappa shape index (κ1) is 12.6. The standard InChI is InChI=1S/C14H21N3S2/c1-2-4-12-8-16(7-11(12)3-1)19-10-13-9-18-14-15-5-6-17(13)14/h9,11-12H,1-8,10H2/t11-,12-/m1/s1. The predicted molar refractivity (Wildman–Crippen MR) is 84.2 cm³/mol. The summed E-state index contributed by atoms with van der Waals surface area (Å²) in [7, 11) is 0. The van der Waals surface area contributed by atoms with Gasteiger partial charge in [-0.15, -0.1) is 0 Å². The van der Waals surface area contributed by atoms with Gasteiger partial charge in [-0.05, 0) is 30.1 Å². The Morgan fingerprint density at radius 1 is 1.26 bits per heavy atom. The minimum Gasteiger partial charge on any atom is -0.321 e. The molecule has 0 aromatic rings. The molecule has 19 heavy (non-hydrogen) atoms. The molecular weight excluding hydrogens is 274 g/mol. The fraction of sp³-hybridized carbons (Fsp3) is 0.786. The smallest absolute Gasteiger partial charge is 0.167 e. The first-order valence-electron chi connectivity index (χ1n) is 7.46. The van der Waals surface area contributed by atoms with E-state index >= 15 is 0 Å². The van der Waals surface area contributed by atoms with Crippen LogP contribution in [0.15, 0.2) is 16.1 Å². The minimum absolute atomic E-state index is 0.984. The third-order valence-corrected chi connectivity index (χ3v) is 6.82. The van der Waals surface area contributed by atoms with E-state index in [4.69, 9.17) is 0 Å². The van der Waals surface area contributed by atoms with Crippen molar-refractivity contribution in [1.82, 2.24) is 9.21 Å². The predicted octanol–water partition coefficient (Wildman–Crippen LogP) is 3.02. The Morgan fingerprint density at radius 3 is 2.84 bits per heavy atom. The van der Waals surface area contributed by atoms with E-state index in [1.54, 1.807) is 11.8 Å². The van der Waals surface area contributed by atoms with Crippen LogP contribution in [0.1, 0.15) is 25.7 Å². The molecule has 4 aliphatic rings. The van der Waals surface area contributed by atoms with Gasteiger partial charge in [-0.1, -0.05) is 36.6 Å². The number of nitrogens with zero attached hydrogens (tertiary/aromatic N) is 3. The molecular formula is C14H21N3S2. The molecule has 0 unspecified atom stereocenters. The quantitative estimate of drug-likeness (QED) is 0.745. The molecule has 2 fully saturated rings. The first-order chi connectivity index (χ1) is 9.40. The molecule has 4 rings (SSSR count). The number of hydrogen-bond acceptors (Lipinski definition) is 5. The number of fused-ring (bicyclic) bond motifs is 2.